The minimum absolute atomic E-state index is 0.0408. The van der Waals surface area contributed by atoms with Gasteiger partial charge in [-0.15, -0.1) is 0 Å². The van der Waals surface area contributed by atoms with E-state index in [1.54, 1.807) is 0 Å². The maximum atomic E-state index is 12.1. The van der Waals surface area contributed by atoms with Crippen LogP contribution >= 0.6 is 0 Å². The molecule has 1 atom stereocenters. The fourth-order valence-electron chi connectivity index (χ4n) is 2.60. The van der Waals surface area contributed by atoms with Gasteiger partial charge in [0.05, 0.1) is 12.5 Å². The molecule has 0 radical (unpaired) electrons. The molecule has 0 saturated carbocycles. The van der Waals surface area contributed by atoms with E-state index in [0.717, 1.165) is 11.1 Å². The van der Waals surface area contributed by atoms with Gasteiger partial charge in [0.2, 0.25) is 5.91 Å². The van der Waals surface area contributed by atoms with Crippen molar-refractivity contribution in [1.82, 2.24) is 10.6 Å². The zero-order valence-electron chi connectivity index (χ0n) is 15.3. The second kappa shape index (κ2) is 10.8. The van der Waals surface area contributed by atoms with Gasteiger partial charge in [0, 0.05) is 13.5 Å². The van der Waals surface area contributed by atoms with E-state index in [4.69, 9.17) is 4.74 Å². The van der Waals surface area contributed by atoms with Gasteiger partial charge in [-0.2, -0.15) is 0 Å². The Hall–Kier alpha value is -3.15. The average Bonchev–Trinajstić information content (AvgIpc) is 2.67. The van der Waals surface area contributed by atoms with Crippen molar-refractivity contribution >= 4 is 17.8 Å². The summed E-state index contributed by atoms with van der Waals surface area (Å²) in [5.74, 6) is -1.14. The average molecular weight is 368 g/mol. The Morgan fingerprint density at radius 2 is 1.59 bits per heavy atom. The Bertz CT molecular complexity index is 747. The third kappa shape index (κ3) is 7.73. The van der Waals surface area contributed by atoms with E-state index in [-0.39, 0.29) is 24.8 Å². The van der Waals surface area contributed by atoms with E-state index >= 15 is 0 Å². The summed E-state index contributed by atoms with van der Waals surface area (Å²) in [5.41, 5.74) is 1.92. The summed E-state index contributed by atoms with van der Waals surface area (Å²) >= 11 is 0. The minimum atomic E-state index is -0.546. The molecule has 0 aliphatic carbocycles. The highest BCUT2D eigenvalue weighted by Gasteiger charge is 2.18. The molecule has 2 aromatic carbocycles. The number of carbonyl (C=O) groups is 3. The zero-order valence-corrected chi connectivity index (χ0v) is 15.3. The molecular weight excluding hydrogens is 344 g/mol. The van der Waals surface area contributed by atoms with Crippen LogP contribution in [0.5, 0.6) is 0 Å². The number of amides is 2. The van der Waals surface area contributed by atoms with Gasteiger partial charge in [-0.1, -0.05) is 60.7 Å². The van der Waals surface area contributed by atoms with Gasteiger partial charge >= 0.3 is 5.97 Å². The molecule has 0 aliphatic rings. The molecule has 0 aliphatic heterocycles. The summed E-state index contributed by atoms with van der Waals surface area (Å²) in [6.07, 6.45) is 0.667. The molecule has 2 N–H and O–H groups in total. The molecule has 2 aromatic rings. The second-order valence-corrected chi connectivity index (χ2v) is 6.11. The number of benzene rings is 2. The van der Waals surface area contributed by atoms with Crippen molar-refractivity contribution in [2.75, 3.05) is 13.2 Å². The van der Waals surface area contributed by atoms with Crippen molar-refractivity contribution in [2.24, 2.45) is 0 Å². The quantitative estimate of drug-likeness (QED) is 0.664. The first-order valence-corrected chi connectivity index (χ1v) is 8.83. The summed E-state index contributed by atoms with van der Waals surface area (Å²) in [6.45, 7) is 1.52. The number of carbonyl (C=O) groups excluding carboxylic acids is 3. The van der Waals surface area contributed by atoms with Crippen LogP contribution < -0.4 is 10.6 Å². The molecule has 0 fully saturated rings. The Kier molecular flexibility index (Phi) is 8.03. The monoisotopic (exact) mass is 368 g/mol. The summed E-state index contributed by atoms with van der Waals surface area (Å²) in [7, 11) is 0. The van der Waals surface area contributed by atoms with Crippen molar-refractivity contribution in [3.05, 3.63) is 71.8 Å². The molecule has 0 bridgehead atoms. The molecule has 0 heterocycles. The van der Waals surface area contributed by atoms with E-state index in [9.17, 15) is 14.4 Å². The van der Waals surface area contributed by atoms with E-state index in [1.165, 1.54) is 6.92 Å². The largest absolute Gasteiger partial charge is 0.456 e. The summed E-state index contributed by atoms with van der Waals surface area (Å²) in [6, 6.07) is 18.5. The number of nitrogens with one attached hydrogen (secondary N) is 2. The lowest BCUT2D eigenvalue weighted by Gasteiger charge is -2.17. The molecule has 142 valence electrons. The van der Waals surface area contributed by atoms with E-state index in [2.05, 4.69) is 10.6 Å². The van der Waals surface area contributed by atoms with Crippen LogP contribution in [0.3, 0.4) is 0 Å². The van der Waals surface area contributed by atoms with Gasteiger partial charge in [0.1, 0.15) is 0 Å². The zero-order chi connectivity index (χ0) is 19.5. The van der Waals surface area contributed by atoms with Gasteiger partial charge in [-0.3, -0.25) is 14.4 Å². The summed E-state index contributed by atoms with van der Waals surface area (Å²) < 4.78 is 5.04. The van der Waals surface area contributed by atoms with Crippen molar-refractivity contribution in [3.63, 3.8) is 0 Å². The number of hydrogen-bond donors (Lipinski definition) is 2. The molecule has 2 rings (SSSR count). The van der Waals surface area contributed by atoms with Gasteiger partial charge < -0.3 is 15.4 Å². The van der Waals surface area contributed by atoms with Crippen LogP contribution in [0.15, 0.2) is 60.7 Å². The second-order valence-electron chi connectivity index (χ2n) is 6.11. The summed E-state index contributed by atoms with van der Waals surface area (Å²) in [4.78, 5) is 35.3. The molecule has 0 spiro atoms. The fourth-order valence-corrected chi connectivity index (χ4v) is 2.60. The van der Waals surface area contributed by atoms with Crippen molar-refractivity contribution in [1.29, 1.82) is 0 Å². The van der Waals surface area contributed by atoms with Gasteiger partial charge in [-0.05, 0) is 17.5 Å². The molecule has 6 heteroatoms. The predicted octanol–water partition coefficient (Wildman–Crippen LogP) is 2.16. The first-order chi connectivity index (χ1) is 13.0. The number of ether oxygens (including phenoxy) is 1. The van der Waals surface area contributed by atoms with Crippen LogP contribution in [0.2, 0.25) is 0 Å². The van der Waals surface area contributed by atoms with Gasteiger partial charge in [0.15, 0.2) is 6.61 Å². The fraction of sp³-hybridized carbons (Fsp3) is 0.286. The van der Waals surface area contributed by atoms with Crippen molar-refractivity contribution in [2.45, 2.75) is 25.8 Å². The standard InChI is InChI=1S/C21H24N2O4/c1-16(24)23-19(18-10-6-3-7-11-18)14-21(26)27-15-20(25)22-13-12-17-8-4-2-5-9-17/h2-11,19H,12-15H2,1H3,(H,22,25)(H,23,24). The van der Waals surface area contributed by atoms with Crippen LogP contribution in [-0.4, -0.2) is 30.9 Å². The van der Waals surface area contributed by atoms with Gasteiger partial charge in [-0.25, -0.2) is 0 Å². The maximum absolute atomic E-state index is 12.1. The lowest BCUT2D eigenvalue weighted by molar-refractivity contribution is -0.149. The molecule has 0 saturated heterocycles. The van der Waals surface area contributed by atoms with Crippen molar-refractivity contribution in [3.8, 4) is 0 Å². The minimum Gasteiger partial charge on any atom is -0.456 e. The first-order valence-electron chi connectivity index (χ1n) is 8.83. The Morgan fingerprint density at radius 1 is 0.963 bits per heavy atom. The van der Waals surface area contributed by atoms with E-state index in [1.807, 2.05) is 60.7 Å². The van der Waals surface area contributed by atoms with Crippen LogP contribution in [0.4, 0.5) is 0 Å². The Morgan fingerprint density at radius 3 is 2.22 bits per heavy atom. The smallest absolute Gasteiger partial charge is 0.308 e. The molecule has 6 nitrogen and oxygen atoms in total. The normalized spacial score (nSPS) is 11.3. The van der Waals surface area contributed by atoms with Crippen LogP contribution in [0, 0.1) is 0 Å². The lowest BCUT2D eigenvalue weighted by atomic mass is 10.0. The topological polar surface area (TPSA) is 84.5 Å². The maximum Gasteiger partial charge on any atom is 0.308 e. The van der Waals surface area contributed by atoms with Gasteiger partial charge in [0.25, 0.3) is 5.91 Å². The number of esters is 1. The third-order valence-electron chi connectivity index (χ3n) is 3.89. The first kappa shape index (κ1) is 20.2. The molecule has 0 aromatic heterocycles. The molecule has 1 unspecified atom stereocenters. The Labute approximate surface area is 158 Å². The predicted molar refractivity (Wildman–Crippen MR) is 102 cm³/mol. The molecule has 2 amide bonds. The highest BCUT2D eigenvalue weighted by Crippen LogP contribution is 2.17. The lowest BCUT2D eigenvalue weighted by Crippen LogP contribution is -2.32. The van der Waals surface area contributed by atoms with E-state index in [0.29, 0.717) is 13.0 Å². The Balaban J connectivity index is 1.74. The van der Waals surface area contributed by atoms with Crippen LogP contribution in [0.1, 0.15) is 30.5 Å². The number of rotatable bonds is 9. The SMILES string of the molecule is CC(=O)NC(CC(=O)OCC(=O)NCCc1ccccc1)c1ccccc1. The molecule has 27 heavy (non-hydrogen) atoms. The molecular formula is C21H24N2O4. The highest BCUT2D eigenvalue weighted by molar-refractivity contribution is 5.81. The highest BCUT2D eigenvalue weighted by atomic mass is 16.5. The number of hydrogen-bond acceptors (Lipinski definition) is 4. The van der Waals surface area contributed by atoms with Crippen molar-refractivity contribution < 1.29 is 19.1 Å². The summed E-state index contributed by atoms with van der Waals surface area (Å²) in [5, 5.41) is 5.44. The van der Waals surface area contributed by atoms with Crippen LogP contribution in [0.25, 0.3) is 0 Å². The van der Waals surface area contributed by atoms with Crippen LogP contribution in [-0.2, 0) is 25.5 Å². The van der Waals surface area contributed by atoms with E-state index < -0.39 is 12.0 Å². The third-order valence-corrected chi connectivity index (χ3v) is 3.89.